The van der Waals surface area contributed by atoms with Crippen molar-refractivity contribution >= 4 is 50.8 Å². The number of carbonyl (C=O) groups excluding carboxylic acids is 2. The predicted octanol–water partition coefficient (Wildman–Crippen LogP) is 7.13. The third kappa shape index (κ3) is 6.48. The minimum atomic E-state index is -3.67. The van der Waals surface area contributed by atoms with Crippen molar-refractivity contribution in [3.05, 3.63) is 69.4 Å². The van der Waals surface area contributed by atoms with Crippen LogP contribution in [0.1, 0.15) is 97.1 Å². The van der Waals surface area contributed by atoms with Gasteiger partial charge in [-0.1, -0.05) is 54.2 Å². The van der Waals surface area contributed by atoms with E-state index < -0.39 is 21.9 Å². The summed E-state index contributed by atoms with van der Waals surface area (Å²) in [7, 11) is -3.67. The molecule has 1 N–H and O–H groups in total. The number of piperidine rings is 1. The summed E-state index contributed by atoms with van der Waals surface area (Å²) in [5.41, 5.74) is 2.32. The number of amides is 1. The summed E-state index contributed by atoms with van der Waals surface area (Å²) >= 11 is 12.9. The second kappa shape index (κ2) is 12.7. The Kier molecular flexibility index (Phi) is 8.95. The molecule has 2 aliphatic heterocycles. The van der Waals surface area contributed by atoms with Gasteiger partial charge in [0.05, 0.1) is 15.8 Å². The minimum Gasteiger partial charge on any atom is -0.458 e. The number of esters is 1. The summed E-state index contributed by atoms with van der Waals surface area (Å²) in [6, 6.07) is 12.5. The normalized spacial score (nSPS) is 21.3. The first-order valence-electron chi connectivity index (χ1n) is 15.2. The molecular weight excluding hydrogens is 625 g/mol. The van der Waals surface area contributed by atoms with Gasteiger partial charge in [-0.05, 0) is 68.5 Å². The maximum atomic E-state index is 13.7. The van der Waals surface area contributed by atoms with Crippen molar-refractivity contribution in [2.45, 2.75) is 88.8 Å². The number of nitrogens with zero attached hydrogens (tertiary/aromatic N) is 2. The molecular formula is C32H35Cl2N3O6S. The number of benzene rings is 2. The zero-order valence-corrected chi connectivity index (χ0v) is 26.8. The number of sulfonamides is 1. The van der Waals surface area contributed by atoms with E-state index in [0.717, 1.165) is 44.2 Å². The first kappa shape index (κ1) is 30.9. The average Bonchev–Trinajstić information content (AvgIpc) is 3.68. The molecule has 44 heavy (non-hydrogen) atoms. The molecule has 6 rings (SSSR count). The molecule has 3 aromatic rings. The summed E-state index contributed by atoms with van der Waals surface area (Å²) in [6.45, 7) is 1.99. The Morgan fingerprint density at radius 2 is 1.66 bits per heavy atom. The third-order valence-electron chi connectivity index (χ3n) is 8.73. The van der Waals surface area contributed by atoms with Crippen LogP contribution in [0.25, 0.3) is 11.3 Å². The largest absolute Gasteiger partial charge is 0.458 e. The molecule has 0 radical (unpaired) electrons. The quantitative estimate of drug-likeness (QED) is 0.171. The second-order valence-electron chi connectivity index (χ2n) is 11.9. The van der Waals surface area contributed by atoms with E-state index in [1.807, 2.05) is 19.1 Å². The third-order valence-corrected chi connectivity index (χ3v) is 10.7. The van der Waals surface area contributed by atoms with E-state index in [1.54, 1.807) is 30.3 Å². The van der Waals surface area contributed by atoms with Crippen LogP contribution >= 0.6 is 23.2 Å². The van der Waals surface area contributed by atoms with Crippen LogP contribution in [-0.4, -0.2) is 49.4 Å². The van der Waals surface area contributed by atoms with Crippen LogP contribution in [0.3, 0.4) is 0 Å². The van der Waals surface area contributed by atoms with Crippen molar-refractivity contribution in [2.75, 3.05) is 10.7 Å². The van der Waals surface area contributed by atoms with Crippen LogP contribution in [0.15, 0.2) is 47.0 Å². The molecule has 2 atom stereocenters. The molecule has 0 spiro atoms. The minimum absolute atomic E-state index is 0.0679. The number of anilines is 1. The maximum Gasteiger partial charge on any atom is 0.344 e. The Balaban J connectivity index is 1.13. The highest BCUT2D eigenvalue weighted by Crippen LogP contribution is 2.47. The molecule has 1 aliphatic carbocycles. The Bertz CT molecular complexity index is 1620. The Morgan fingerprint density at radius 1 is 1.00 bits per heavy atom. The van der Waals surface area contributed by atoms with Crippen molar-refractivity contribution in [3.63, 3.8) is 0 Å². The molecule has 2 unspecified atom stereocenters. The standard InChI is InChI=1S/C32H35Cl2N3O6S/c1-2-3-4-16-44(40,41)36-31(38)20-10-12-21(13-11-20)37-22-14-15-23(37)18-24(17-22)42-32(39)28-29(35-43-30(28)19-8-9-19)27-25(33)6-5-7-26(27)34/h5-7,10-13,19,22-24H,2-4,8-9,14-18H2,1H3,(H,36,38). The number of rotatable bonds is 11. The van der Waals surface area contributed by atoms with E-state index in [-0.39, 0.29) is 29.9 Å². The number of ether oxygens (including phenoxy) is 1. The predicted molar refractivity (Wildman–Crippen MR) is 169 cm³/mol. The summed E-state index contributed by atoms with van der Waals surface area (Å²) in [5.74, 6) is -0.513. The van der Waals surface area contributed by atoms with Crippen LogP contribution in [0.2, 0.25) is 10.0 Å². The molecule has 1 aromatic heterocycles. The SMILES string of the molecule is CCCCCS(=O)(=O)NC(=O)c1ccc(N2C3CCC2CC(OC(=O)c2c(-c4c(Cl)cccc4Cl)noc2C2CC2)C3)cc1. The van der Waals surface area contributed by atoms with E-state index in [4.69, 9.17) is 32.5 Å². The van der Waals surface area contributed by atoms with Crippen molar-refractivity contribution in [1.29, 1.82) is 0 Å². The van der Waals surface area contributed by atoms with Gasteiger partial charge in [-0.3, -0.25) is 4.79 Å². The fourth-order valence-corrected chi connectivity index (χ4v) is 8.12. The van der Waals surface area contributed by atoms with Gasteiger partial charge >= 0.3 is 5.97 Å². The topological polar surface area (TPSA) is 119 Å². The zero-order valence-electron chi connectivity index (χ0n) is 24.4. The molecule has 1 amide bonds. The van der Waals surface area contributed by atoms with Gasteiger partial charge in [0, 0.05) is 47.7 Å². The molecule has 234 valence electrons. The smallest absolute Gasteiger partial charge is 0.344 e. The number of hydrogen-bond donors (Lipinski definition) is 1. The summed E-state index contributed by atoms with van der Waals surface area (Å²) < 4.78 is 38.5. The monoisotopic (exact) mass is 659 g/mol. The van der Waals surface area contributed by atoms with Crippen LogP contribution in [0.4, 0.5) is 5.69 Å². The van der Waals surface area contributed by atoms with Crippen LogP contribution in [0, 0.1) is 0 Å². The number of halogens is 2. The highest BCUT2D eigenvalue weighted by Gasteiger charge is 2.44. The number of aromatic nitrogens is 1. The van der Waals surface area contributed by atoms with Crippen molar-refractivity contribution in [1.82, 2.24) is 9.88 Å². The molecule has 3 aliphatic rings. The van der Waals surface area contributed by atoms with Crippen LogP contribution < -0.4 is 9.62 Å². The Labute approximate surface area is 267 Å². The van der Waals surface area contributed by atoms with Crippen molar-refractivity contribution < 1.29 is 27.3 Å². The second-order valence-corrected chi connectivity index (χ2v) is 14.6. The first-order chi connectivity index (χ1) is 21.1. The van der Waals surface area contributed by atoms with Gasteiger partial charge in [0.15, 0.2) is 5.76 Å². The van der Waals surface area contributed by atoms with Crippen LogP contribution in [-0.2, 0) is 14.8 Å². The lowest BCUT2D eigenvalue weighted by atomic mass is 9.98. The number of hydrogen-bond acceptors (Lipinski definition) is 8. The van der Waals surface area contributed by atoms with Gasteiger partial charge < -0.3 is 14.2 Å². The van der Waals surface area contributed by atoms with E-state index in [0.29, 0.717) is 57.5 Å². The number of nitrogens with one attached hydrogen (secondary N) is 1. The van der Waals surface area contributed by atoms with Gasteiger partial charge in [0.1, 0.15) is 17.4 Å². The van der Waals surface area contributed by atoms with E-state index in [1.165, 1.54) is 0 Å². The fourth-order valence-electron chi connectivity index (χ4n) is 6.45. The molecule has 9 nitrogen and oxygen atoms in total. The van der Waals surface area contributed by atoms with Gasteiger partial charge in [-0.25, -0.2) is 17.9 Å². The molecule has 2 bridgehead atoms. The lowest BCUT2D eigenvalue weighted by Crippen LogP contribution is -2.46. The summed E-state index contributed by atoms with van der Waals surface area (Å²) in [6.07, 6.45) is 7.00. The highest BCUT2D eigenvalue weighted by atomic mass is 35.5. The van der Waals surface area contributed by atoms with Gasteiger partial charge in [0.2, 0.25) is 10.0 Å². The highest BCUT2D eigenvalue weighted by molar-refractivity contribution is 7.90. The zero-order chi connectivity index (χ0) is 31.0. The number of fused-ring (bicyclic) bond motifs is 2. The van der Waals surface area contributed by atoms with Gasteiger partial charge in [0.25, 0.3) is 5.91 Å². The summed E-state index contributed by atoms with van der Waals surface area (Å²) in [5, 5.41) is 4.98. The summed E-state index contributed by atoms with van der Waals surface area (Å²) in [4.78, 5) is 28.6. The Hall–Kier alpha value is -3.08. The van der Waals surface area contributed by atoms with E-state index in [9.17, 15) is 18.0 Å². The van der Waals surface area contributed by atoms with E-state index >= 15 is 0 Å². The first-order valence-corrected chi connectivity index (χ1v) is 17.6. The fraction of sp³-hybridized carbons (Fsp3) is 0.469. The van der Waals surface area contributed by atoms with Crippen molar-refractivity contribution in [3.8, 4) is 11.3 Å². The van der Waals surface area contributed by atoms with Crippen molar-refractivity contribution in [2.24, 2.45) is 0 Å². The van der Waals surface area contributed by atoms with Gasteiger partial charge in [-0.15, -0.1) is 0 Å². The number of unbranched alkanes of at least 4 members (excludes halogenated alkanes) is 2. The van der Waals surface area contributed by atoms with Crippen LogP contribution in [0.5, 0.6) is 0 Å². The molecule has 3 fully saturated rings. The molecule has 12 heteroatoms. The molecule has 2 saturated heterocycles. The van der Waals surface area contributed by atoms with E-state index in [2.05, 4.69) is 14.8 Å². The lowest BCUT2D eigenvalue weighted by molar-refractivity contribution is 0.0202. The Morgan fingerprint density at radius 3 is 2.27 bits per heavy atom. The number of carbonyl (C=O) groups is 2. The average molecular weight is 661 g/mol. The maximum absolute atomic E-state index is 13.7. The molecule has 1 saturated carbocycles. The molecule has 2 aromatic carbocycles. The lowest BCUT2D eigenvalue weighted by Gasteiger charge is -2.40. The molecule has 3 heterocycles. The van der Waals surface area contributed by atoms with Gasteiger partial charge in [-0.2, -0.15) is 0 Å².